The number of rotatable bonds is 4. The van der Waals surface area contributed by atoms with Crippen LogP contribution in [-0.4, -0.2) is 6.43 Å². The van der Waals surface area contributed by atoms with Gasteiger partial charge in [-0.3, -0.25) is 0 Å². The first-order valence-corrected chi connectivity index (χ1v) is 7.59. The zero-order chi connectivity index (χ0) is 17.0. The standard InChI is InChI=1S/C17H18F6/c18-15-10-13(8-9-14(15)17(21,22)23)12-6-4-11(5-7-12)2-1-3-16(19)20/h1-2,8-12,16H,3-7H2/t11-,12-. The van der Waals surface area contributed by atoms with Crippen molar-refractivity contribution >= 4 is 0 Å². The van der Waals surface area contributed by atoms with Gasteiger partial charge in [-0.25, -0.2) is 13.2 Å². The van der Waals surface area contributed by atoms with E-state index in [1.807, 2.05) is 0 Å². The largest absolute Gasteiger partial charge is 0.419 e. The molecule has 0 saturated heterocycles. The zero-order valence-corrected chi connectivity index (χ0v) is 12.4. The van der Waals surface area contributed by atoms with Crippen molar-refractivity contribution in [2.75, 3.05) is 0 Å². The Morgan fingerprint density at radius 3 is 2.26 bits per heavy atom. The highest BCUT2D eigenvalue weighted by Crippen LogP contribution is 2.38. The minimum Gasteiger partial charge on any atom is -0.210 e. The molecule has 0 nitrogen and oxygen atoms in total. The lowest BCUT2D eigenvalue weighted by molar-refractivity contribution is -0.140. The van der Waals surface area contributed by atoms with Crippen molar-refractivity contribution in [2.45, 2.75) is 50.6 Å². The minimum absolute atomic E-state index is 0.0199. The fourth-order valence-corrected chi connectivity index (χ4v) is 3.03. The summed E-state index contributed by atoms with van der Waals surface area (Å²) in [7, 11) is 0. The SMILES string of the molecule is Fc1cc([C@H]2CC[C@H](C=CCC(F)F)CC2)ccc1C(F)(F)F. The molecule has 1 aromatic rings. The molecule has 1 fully saturated rings. The van der Waals surface area contributed by atoms with Crippen LogP contribution in [0.15, 0.2) is 30.4 Å². The van der Waals surface area contributed by atoms with Gasteiger partial charge in [0.15, 0.2) is 0 Å². The van der Waals surface area contributed by atoms with Gasteiger partial charge in [0.1, 0.15) is 5.82 Å². The van der Waals surface area contributed by atoms with Crippen molar-refractivity contribution < 1.29 is 26.3 Å². The van der Waals surface area contributed by atoms with Gasteiger partial charge in [-0.05, 0) is 55.2 Å². The van der Waals surface area contributed by atoms with Crippen LogP contribution in [0.5, 0.6) is 0 Å². The Balaban J connectivity index is 1.95. The molecule has 1 aliphatic rings. The maximum atomic E-state index is 13.6. The average Bonchev–Trinajstić information content (AvgIpc) is 2.46. The Bertz CT molecular complexity index is 539. The van der Waals surface area contributed by atoms with Crippen LogP contribution in [0.1, 0.15) is 49.1 Å². The van der Waals surface area contributed by atoms with E-state index < -0.39 is 24.0 Å². The number of halogens is 6. The van der Waals surface area contributed by atoms with Gasteiger partial charge in [-0.2, -0.15) is 13.2 Å². The van der Waals surface area contributed by atoms with Crippen LogP contribution in [0, 0.1) is 11.7 Å². The van der Waals surface area contributed by atoms with Crippen molar-refractivity contribution in [1.29, 1.82) is 0 Å². The molecule has 2 rings (SSSR count). The highest BCUT2D eigenvalue weighted by molar-refractivity contribution is 5.29. The van der Waals surface area contributed by atoms with Crippen LogP contribution in [-0.2, 0) is 6.18 Å². The van der Waals surface area contributed by atoms with Crippen molar-refractivity contribution in [2.24, 2.45) is 5.92 Å². The molecule has 0 amide bonds. The van der Waals surface area contributed by atoms with Gasteiger partial charge in [0.25, 0.3) is 0 Å². The van der Waals surface area contributed by atoms with Crippen molar-refractivity contribution in [3.63, 3.8) is 0 Å². The summed E-state index contributed by atoms with van der Waals surface area (Å²) in [5.41, 5.74) is -0.671. The summed E-state index contributed by atoms with van der Waals surface area (Å²) in [4.78, 5) is 0. The quantitative estimate of drug-likeness (QED) is 0.445. The van der Waals surface area contributed by atoms with Crippen LogP contribution in [0.2, 0.25) is 0 Å². The molecule has 0 spiro atoms. The summed E-state index contributed by atoms with van der Waals surface area (Å²) in [5, 5.41) is 0. The fourth-order valence-electron chi connectivity index (χ4n) is 3.03. The molecule has 0 radical (unpaired) electrons. The first kappa shape index (κ1) is 17.9. The normalized spacial score (nSPS) is 22.9. The fraction of sp³-hybridized carbons (Fsp3) is 0.529. The number of alkyl halides is 5. The van der Waals surface area contributed by atoms with Crippen molar-refractivity contribution in [3.8, 4) is 0 Å². The minimum atomic E-state index is -4.68. The zero-order valence-electron chi connectivity index (χ0n) is 12.4. The molecule has 0 aliphatic heterocycles. The third-order valence-corrected chi connectivity index (χ3v) is 4.26. The van der Waals surface area contributed by atoms with E-state index in [0.717, 1.165) is 25.0 Å². The Morgan fingerprint density at radius 1 is 1.09 bits per heavy atom. The number of benzene rings is 1. The Hall–Kier alpha value is -1.46. The lowest BCUT2D eigenvalue weighted by Gasteiger charge is -2.27. The van der Waals surface area contributed by atoms with E-state index in [2.05, 4.69) is 0 Å². The molecular weight excluding hydrogens is 318 g/mol. The van der Waals surface area contributed by atoms with Crippen LogP contribution in [0.3, 0.4) is 0 Å². The topological polar surface area (TPSA) is 0 Å². The lowest BCUT2D eigenvalue weighted by atomic mass is 9.78. The van der Waals surface area contributed by atoms with Crippen LogP contribution >= 0.6 is 0 Å². The van der Waals surface area contributed by atoms with Gasteiger partial charge in [-0.15, -0.1) is 0 Å². The predicted molar refractivity (Wildman–Crippen MR) is 75.9 cm³/mol. The summed E-state index contributed by atoms with van der Waals surface area (Å²) in [6.45, 7) is 0. The summed E-state index contributed by atoms with van der Waals surface area (Å²) in [6, 6.07) is 3.10. The molecule has 0 N–H and O–H groups in total. The Morgan fingerprint density at radius 2 is 1.74 bits per heavy atom. The molecule has 23 heavy (non-hydrogen) atoms. The first-order chi connectivity index (χ1) is 10.8. The number of allylic oxidation sites excluding steroid dienone is 2. The van der Waals surface area contributed by atoms with E-state index in [9.17, 15) is 26.3 Å². The first-order valence-electron chi connectivity index (χ1n) is 7.59. The molecule has 128 valence electrons. The van der Waals surface area contributed by atoms with Crippen LogP contribution in [0.25, 0.3) is 0 Å². The van der Waals surface area contributed by atoms with Crippen molar-refractivity contribution in [3.05, 3.63) is 47.3 Å². The van der Waals surface area contributed by atoms with Crippen LogP contribution < -0.4 is 0 Å². The van der Waals surface area contributed by atoms with Gasteiger partial charge in [0.2, 0.25) is 6.43 Å². The second kappa shape index (κ2) is 7.41. The van der Waals surface area contributed by atoms with E-state index in [1.54, 1.807) is 6.08 Å². The van der Waals surface area contributed by atoms with Gasteiger partial charge in [0.05, 0.1) is 5.56 Å². The third kappa shape index (κ3) is 5.01. The third-order valence-electron chi connectivity index (χ3n) is 4.26. The van der Waals surface area contributed by atoms with E-state index in [0.29, 0.717) is 18.4 Å². The summed E-state index contributed by atoms with van der Waals surface area (Å²) in [6.07, 6.45) is -1.05. The second-order valence-corrected chi connectivity index (χ2v) is 5.90. The van der Waals surface area contributed by atoms with Gasteiger partial charge < -0.3 is 0 Å². The van der Waals surface area contributed by atoms with Gasteiger partial charge >= 0.3 is 6.18 Å². The van der Waals surface area contributed by atoms with E-state index >= 15 is 0 Å². The molecule has 0 bridgehead atoms. The molecule has 1 aromatic carbocycles. The summed E-state index contributed by atoms with van der Waals surface area (Å²) in [5.74, 6) is -1.01. The van der Waals surface area contributed by atoms with Crippen LogP contribution in [0.4, 0.5) is 26.3 Å². The molecule has 1 saturated carbocycles. The highest BCUT2D eigenvalue weighted by atomic mass is 19.4. The molecule has 0 aromatic heterocycles. The smallest absolute Gasteiger partial charge is 0.210 e. The Kier molecular flexibility index (Phi) is 5.76. The van der Waals surface area contributed by atoms with Crippen molar-refractivity contribution in [1.82, 2.24) is 0 Å². The molecule has 1 aliphatic carbocycles. The van der Waals surface area contributed by atoms with Gasteiger partial charge in [-0.1, -0.05) is 18.2 Å². The summed E-state index contributed by atoms with van der Waals surface area (Å²) < 4.78 is 75.4. The van der Waals surface area contributed by atoms with Gasteiger partial charge in [0, 0.05) is 6.42 Å². The average molecular weight is 336 g/mol. The van der Waals surface area contributed by atoms with E-state index in [-0.39, 0.29) is 18.3 Å². The lowest BCUT2D eigenvalue weighted by Crippen LogP contribution is -2.13. The molecule has 0 unspecified atom stereocenters. The Labute approximate surface area is 131 Å². The number of hydrogen-bond donors (Lipinski definition) is 0. The monoisotopic (exact) mass is 336 g/mol. The van der Waals surface area contributed by atoms with E-state index in [1.165, 1.54) is 12.1 Å². The van der Waals surface area contributed by atoms with E-state index in [4.69, 9.17) is 0 Å². The number of hydrogen-bond acceptors (Lipinski definition) is 0. The maximum Gasteiger partial charge on any atom is 0.419 e. The molecule has 0 heterocycles. The summed E-state index contributed by atoms with van der Waals surface area (Å²) >= 11 is 0. The predicted octanol–water partition coefficient (Wildman–Crippen LogP) is 6.33. The molecular formula is C17H18F6. The molecule has 0 atom stereocenters. The molecule has 6 heteroatoms. The maximum absolute atomic E-state index is 13.6. The second-order valence-electron chi connectivity index (χ2n) is 5.90. The highest BCUT2D eigenvalue weighted by Gasteiger charge is 2.34.